The maximum Gasteiger partial charge on any atom is 0.491 e. The van der Waals surface area contributed by atoms with Crippen LogP contribution in [0.4, 0.5) is 13.2 Å². The van der Waals surface area contributed by atoms with Crippen molar-refractivity contribution < 1.29 is 32.2 Å². The molecule has 30 heavy (non-hydrogen) atoms. The Morgan fingerprint density at radius 2 is 1.73 bits per heavy atom. The Kier molecular flexibility index (Phi) is 7.91. The molecule has 1 unspecified atom stereocenters. The summed E-state index contributed by atoms with van der Waals surface area (Å²) >= 11 is 0. The highest BCUT2D eigenvalue weighted by Gasteiger charge is 2.43. The van der Waals surface area contributed by atoms with E-state index in [0.29, 0.717) is 18.3 Å². The molecular formula is C22H30F3NO4. The molecule has 0 aromatic heterocycles. The quantitative estimate of drug-likeness (QED) is 0.455. The van der Waals surface area contributed by atoms with Gasteiger partial charge in [-0.15, -0.1) is 0 Å². The Morgan fingerprint density at radius 3 is 2.27 bits per heavy atom. The Balaban J connectivity index is 2.00. The number of alkyl halides is 3. The van der Waals surface area contributed by atoms with E-state index in [1.165, 1.54) is 12.8 Å². The Labute approximate surface area is 175 Å². The van der Waals surface area contributed by atoms with E-state index in [-0.39, 0.29) is 12.5 Å². The number of halogens is 3. The van der Waals surface area contributed by atoms with Gasteiger partial charge in [0, 0.05) is 0 Å². The standard InChI is InChI=1S/C22H30F3NO4/c1-12(2)16-6-5-7-17(14(4)15-8-9-15)19(16)29-11-10-13(3)18(26)20(27)30-21(28)22(23,24)25/h5-7,12-15,18H,8-11,26H2,1-4H3/t13?,14-,18+/m1/s1. The molecule has 5 nitrogen and oxygen atoms in total. The summed E-state index contributed by atoms with van der Waals surface area (Å²) in [4.78, 5) is 22.6. The highest BCUT2D eigenvalue weighted by Crippen LogP contribution is 2.46. The van der Waals surface area contributed by atoms with Crippen molar-refractivity contribution in [3.8, 4) is 5.75 Å². The molecule has 1 aliphatic rings. The topological polar surface area (TPSA) is 78.6 Å². The van der Waals surface area contributed by atoms with Crippen LogP contribution in [0.1, 0.15) is 69.9 Å². The van der Waals surface area contributed by atoms with Crippen LogP contribution in [0.25, 0.3) is 0 Å². The minimum atomic E-state index is -5.24. The van der Waals surface area contributed by atoms with Crippen molar-refractivity contribution in [3.05, 3.63) is 29.3 Å². The molecule has 0 heterocycles. The zero-order valence-corrected chi connectivity index (χ0v) is 17.8. The second-order valence-electron chi connectivity index (χ2n) is 8.39. The van der Waals surface area contributed by atoms with E-state index in [4.69, 9.17) is 10.5 Å². The Hall–Kier alpha value is -2.09. The van der Waals surface area contributed by atoms with E-state index < -0.39 is 30.1 Å². The number of esters is 2. The molecule has 0 bridgehead atoms. The largest absolute Gasteiger partial charge is 0.493 e. The number of nitrogens with two attached hydrogens (primary N) is 1. The van der Waals surface area contributed by atoms with E-state index in [0.717, 1.165) is 16.9 Å². The van der Waals surface area contributed by atoms with E-state index >= 15 is 0 Å². The first kappa shape index (κ1) is 24.2. The second-order valence-corrected chi connectivity index (χ2v) is 8.39. The lowest BCUT2D eigenvalue weighted by Gasteiger charge is -2.23. The van der Waals surface area contributed by atoms with Gasteiger partial charge in [-0.25, -0.2) is 9.59 Å². The molecule has 0 amide bonds. The summed E-state index contributed by atoms with van der Waals surface area (Å²) in [6, 6.07) is 4.77. The third-order valence-corrected chi connectivity index (χ3v) is 5.65. The van der Waals surface area contributed by atoms with Crippen LogP contribution < -0.4 is 10.5 Å². The predicted molar refractivity (Wildman–Crippen MR) is 106 cm³/mol. The molecule has 1 aliphatic carbocycles. The van der Waals surface area contributed by atoms with Crippen molar-refractivity contribution in [2.75, 3.05) is 6.61 Å². The minimum absolute atomic E-state index is 0.240. The number of para-hydroxylation sites is 1. The maximum absolute atomic E-state index is 12.2. The summed E-state index contributed by atoms with van der Waals surface area (Å²) in [6.45, 7) is 8.20. The molecule has 3 atom stereocenters. The van der Waals surface area contributed by atoms with Crippen molar-refractivity contribution in [1.29, 1.82) is 0 Å². The molecule has 168 valence electrons. The summed E-state index contributed by atoms with van der Waals surface area (Å²) in [5.74, 6) is -2.36. The van der Waals surface area contributed by atoms with Crippen molar-refractivity contribution in [2.24, 2.45) is 17.6 Å². The highest BCUT2D eigenvalue weighted by atomic mass is 19.4. The fraction of sp³-hybridized carbons (Fsp3) is 0.636. The van der Waals surface area contributed by atoms with Crippen molar-refractivity contribution in [1.82, 2.24) is 0 Å². The molecule has 0 saturated heterocycles. The van der Waals surface area contributed by atoms with Crippen molar-refractivity contribution in [3.63, 3.8) is 0 Å². The van der Waals surface area contributed by atoms with Gasteiger partial charge in [-0.05, 0) is 54.1 Å². The van der Waals surface area contributed by atoms with E-state index in [9.17, 15) is 22.8 Å². The van der Waals surface area contributed by atoms with Gasteiger partial charge in [-0.2, -0.15) is 13.2 Å². The van der Waals surface area contributed by atoms with Crippen LogP contribution >= 0.6 is 0 Å². The van der Waals surface area contributed by atoms with E-state index in [1.807, 2.05) is 12.1 Å². The van der Waals surface area contributed by atoms with Crippen molar-refractivity contribution in [2.45, 2.75) is 71.0 Å². The molecule has 1 aromatic rings. The molecule has 1 saturated carbocycles. The first-order valence-corrected chi connectivity index (χ1v) is 10.3. The van der Waals surface area contributed by atoms with E-state index in [1.54, 1.807) is 6.92 Å². The molecule has 2 rings (SSSR count). The van der Waals surface area contributed by atoms with Crippen molar-refractivity contribution >= 4 is 11.9 Å². The molecule has 0 spiro atoms. The predicted octanol–water partition coefficient (Wildman–Crippen LogP) is 4.69. The number of hydrogen-bond donors (Lipinski definition) is 1. The number of hydrogen-bond acceptors (Lipinski definition) is 5. The zero-order valence-electron chi connectivity index (χ0n) is 17.8. The van der Waals surface area contributed by atoms with Crippen LogP contribution in [0.5, 0.6) is 5.75 Å². The van der Waals surface area contributed by atoms with Crippen LogP contribution in [0.15, 0.2) is 18.2 Å². The van der Waals surface area contributed by atoms with Gasteiger partial charge in [0.2, 0.25) is 0 Å². The van der Waals surface area contributed by atoms with Gasteiger partial charge < -0.3 is 15.2 Å². The summed E-state index contributed by atoms with van der Waals surface area (Å²) in [5, 5.41) is 0. The number of ether oxygens (including phenoxy) is 2. The first-order valence-electron chi connectivity index (χ1n) is 10.3. The highest BCUT2D eigenvalue weighted by molar-refractivity contribution is 5.90. The fourth-order valence-electron chi connectivity index (χ4n) is 3.38. The third kappa shape index (κ3) is 6.20. The number of rotatable bonds is 9. The van der Waals surface area contributed by atoms with Gasteiger partial charge in [0.1, 0.15) is 11.8 Å². The van der Waals surface area contributed by atoms with Gasteiger partial charge >= 0.3 is 18.1 Å². The van der Waals surface area contributed by atoms with Crippen LogP contribution in [0.2, 0.25) is 0 Å². The van der Waals surface area contributed by atoms with Gasteiger partial charge in [0.05, 0.1) is 6.61 Å². The number of carbonyl (C=O) groups is 2. The summed E-state index contributed by atoms with van der Waals surface area (Å²) in [5.41, 5.74) is 7.93. The first-order chi connectivity index (χ1) is 13.9. The fourth-order valence-corrected chi connectivity index (χ4v) is 3.38. The Morgan fingerprint density at radius 1 is 1.13 bits per heavy atom. The normalized spacial score (nSPS) is 17.4. The van der Waals surface area contributed by atoms with Crippen LogP contribution in [-0.4, -0.2) is 30.8 Å². The molecule has 2 N–H and O–H groups in total. The molecule has 0 radical (unpaired) electrons. The SMILES string of the molecule is CC(C)c1cccc([C@H](C)C2CC2)c1OCCC(C)[C@H](N)C(=O)OC(=O)C(F)(F)F. The summed E-state index contributed by atoms with van der Waals surface area (Å²) in [7, 11) is 0. The third-order valence-electron chi connectivity index (χ3n) is 5.65. The Bertz CT molecular complexity index is 759. The number of benzene rings is 1. The lowest BCUT2D eigenvalue weighted by Crippen LogP contribution is -2.42. The minimum Gasteiger partial charge on any atom is -0.493 e. The van der Waals surface area contributed by atoms with Crippen LogP contribution in [0, 0.1) is 11.8 Å². The zero-order chi connectivity index (χ0) is 22.6. The van der Waals surface area contributed by atoms with Gasteiger partial charge in [-0.1, -0.05) is 45.9 Å². The average molecular weight is 429 g/mol. The molecular weight excluding hydrogens is 399 g/mol. The number of carbonyl (C=O) groups excluding carboxylic acids is 2. The van der Waals surface area contributed by atoms with E-state index in [2.05, 4.69) is 31.6 Å². The smallest absolute Gasteiger partial charge is 0.491 e. The molecule has 0 aliphatic heterocycles. The van der Waals surface area contributed by atoms with Gasteiger partial charge in [0.25, 0.3) is 0 Å². The second kappa shape index (κ2) is 9.81. The molecule has 1 fully saturated rings. The lowest BCUT2D eigenvalue weighted by molar-refractivity contribution is -0.202. The van der Waals surface area contributed by atoms with Crippen LogP contribution in [-0.2, 0) is 14.3 Å². The summed E-state index contributed by atoms with van der Waals surface area (Å²) < 4.78 is 46.7. The maximum atomic E-state index is 12.2. The average Bonchev–Trinajstić information content (AvgIpc) is 3.50. The monoisotopic (exact) mass is 429 g/mol. The summed E-state index contributed by atoms with van der Waals surface area (Å²) in [6.07, 6.45) is -2.51. The molecule has 1 aromatic carbocycles. The van der Waals surface area contributed by atoms with Gasteiger partial charge in [-0.3, -0.25) is 0 Å². The molecule has 8 heteroatoms. The lowest BCUT2D eigenvalue weighted by atomic mass is 9.90. The van der Waals surface area contributed by atoms with Crippen LogP contribution in [0.3, 0.4) is 0 Å². The van der Waals surface area contributed by atoms with Gasteiger partial charge in [0.15, 0.2) is 0 Å².